The summed E-state index contributed by atoms with van der Waals surface area (Å²) in [5.41, 5.74) is 0.483. The molecule has 0 aromatic heterocycles. The minimum Gasteiger partial charge on any atom is -0.0898 e. The molecule has 0 saturated heterocycles. The molecule has 0 nitrogen and oxygen atoms in total. The Hall–Kier alpha value is 0.760. The molecule has 2 heteroatoms. The fourth-order valence-corrected chi connectivity index (χ4v) is 2.64. The first-order valence-electron chi connectivity index (χ1n) is 3.44. The van der Waals surface area contributed by atoms with Crippen LogP contribution in [-0.2, 0) is 0 Å². The van der Waals surface area contributed by atoms with Crippen molar-refractivity contribution in [2.75, 3.05) is 0 Å². The van der Waals surface area contributed by atoms with E-state index in [0.717, 1.165) is 8.96 Å². The van der Waals surface area contributed by atoms with E-state index >= 15 is 0 Å². The van der Waals surface area contributed by atoms with E-state index in [1.165, 1.54) is 0 Å². The zero-order chi connectivity index (χ0) is 7.94. The van der Waals surface area contributed by atoms with Crippen LogP contribution in [0.2, 0.25) is 0 Å². The number of alkyl halides is 1. The van der Waals surface area contributed by atoms with Crippen LogP contribution in [0.25, 0.3) is 0 Å². The lowest BCUT2D eigenvalue weighted by atomic mass is 10.1. The molecule has 0 radical (unpaired) electrons. The molecule has 0 aromatic carbocycles. The highest BCUT2D eigenvalue weighted by Gasteiger charge is 2.54. The van der Waals surface area contributed by atoms with E-state index in [2.05, 4.69) is 42.5 Å². The smallest absolute Gasteiger partial charge is 0.0235 e. The van der Waals surface area contributed by atoms with Gasteiger partial charge in [-0.15, -0.1) is 0 Å². The second-order valence-electron chi connectivity index (χ2n) is 3.50. The molecule has 0 aromatic rings. The Bertz CT molecular complexity index is 168. The van der Waals surface area contributed by atoms with Gasteiger partial charge in [0, 0.05) is 8.96 Å². The maximum atomic E-state index is 5.76. The lowest BCUT2D eigenvalue weighted by molar-refractivity contribution is 0.614. The molecular weight excluding hydrogens is 258 g/mol. The molecule has 0 N–H and O–H groups in total. The van der Waals surface area contributed by atoms with E-state index in [-0.39, 0.29) is 0 Å². The molecule has 1 aliphatic rings. The van der Waals surface area contributed by atoms with Gasteiger partial charge in [-0.1, -0.05) is 54.1 Å². The molecule has 10 heavy (non-hydrogen) atoms. The second kappa shape index (κ2) is 2.67. The summed E-state index contributed by atoms with van der Waals surface area (Å²) in [7, 11) is 0. The molecule has 58 valence electrons. The molecule has 0 bridgehead atoms. The summed E-state index contributed by atoms with van der Waals surface area (Å²) < 4.78 is 0.777. The van der Waals surface area contributed by atoms with Gasteiger partial charge in [0.15, 0.2) is 0 Å². The topological polar surface area (TPSA) is 0 Å². The Labute approximate surface area is 81.2 Å². The van der Waals surface area contributed by atoms with Crippen molar-refractivity contribution in [1.29, 1.82) is 0 Å². The van der Waals surface area contributed by atoms with Gasteiger partial charge in [0.05, 0.1) is 0 Å². The van der Waals surface area contributed by atoms with E-state index < -0.39 is 0 Å². The van der Waals surface area contributed by atoms with Crippen molar-refractivity contribution in [3.05, 3.63) is 11.1 Å². The fraction of sp³-hybridized carbons (Fsp3) is 0.750. The largest absolute Gasteiger partial charge is 0.0898 e. The number of allylic oxidation sites excluding steroid dienone is 2. The molecule has 0 heterocycles. The van der Waals surface area contributed by atoms with Crippen molar-refractivity contribution in [3.63, 3.8) is 0 Å². The SMILES string of the molecule is C/C(Cl)=C\C1C(I)C1(C)C. The van der Waals surface area contributed by atoms with Crippen molar-refractivity contribution < 1.29 is 0 Å². The van der Waals surface area contributed by atoms with Crippen LogP contribution >= 0.6 is 34.2 Å². The third kappa shape index (κ3) is 1.50. The van der Waals surface area contributed by atoms with Gasteiger partial charge >= 0.3 is 0 Å². The van der Waals surface area contributed by atoms with Crippen LogP contribution in [0.5, 0.6) is 0 Å². The van der Waals surface area contributed by atoms with Gasteiger partial charge in [0.25, 0.3) is 0 Å². The summed E-state index contributed by atoms with van der Waals surface area (Å²) in [4.78, 5) is 0. The first-order chi connectivity index (χ1) is 4.46. The third-order valence-electron chi connectivity index (χ3n) is 2.19. The predicted molar refractivity (Wildman–Crippen MR) is 54.7 cm³/mol. The zero-order valence-electron chi connectivity index (χ0n) is 6.49. The van der Waals surface area contributed by atoms with Crippen LogP contribution in [0.1, 0.15) is 20.8 Å². The summed E-state index contributed by atoms with van der Waals surface area (Å²) in [5, 5.41) is 0.928. The van der Waals surface area contributed by atoms with Crippen molar-refractivity contribution in [3.8, 4) is 0 Å². The minimum atomic E-state index is 0.483. The highest BCUT2D eigenvalue weighted by molar-refractivity contribution is 14.1. The van der Waals surface area contributed by atoms with Crippen LogP contribution in [0.15, 0.2) is 11.1 Å². The quantitative estimate of drug-likeness (QED) is 0.504. The van der Waals surface area contributed by atoms with Gasteiger partial charge in [-0.3, -0.25) is 0 Å². The maximum Gasteiger partial charge on any atom is 0.0235 e. The number of halogens is 2. The van der Waals surface area contributed by atoms with Gasteiger partial charge in [-0.2, -0.15) is 0 Å². The number of hydrogen-bond donors (Lipinski definition) is 0. The molecule has 1 saturated carbocycles. The summed E-state index contributed by atoms with van der Waals surface area (Å²) in [5.74, 6) is 0.700. The van der Waals surface area contributed by atoms with Crippen LogP contribution < -0.4 is 0 Å². The van der Waals surface area contributed by atoms with E-state index in [1.54, 1.807) is 0 Å². The standard InChI is InChI=1S/C8H12ClI/c1-5(9)4-6-7(10)8(6,2)3/h4,6-7H,1-3H3/b5-4+. The first kappa shape index (κ1) is 8.85. The van der Waals surface area contributed by atoms with E-state index in [4.69, 9.17) is 11.6 Å². The number of hydrogen-bond acceptors (Lipinski definition) is 0. The Kier molecular flexibility index (Phi) is 2.36. The normalized spacial score (nSPS) is 37.9. The van der Waals surface area contributed by atoms with Crippen molar-refractivity contribution >= 4 is 34.2 Å². The lowest BCUT2D eigenvalue weighted by Gasteiger charge is -1.95. The molecule has 0 aliphatic heterocycles. The summed E-state index contributed by atoms with van der Waals surface area (Å²) in [6.07, 6.45) is 2.17. The lowest BCUT2D eigenvalue weighted by Crippen LogP contribution is -1.87. The molecule has 1 aliphatic carbocycles. The van der Waals surface area contributed by atoms with Crippen molar-refractivity contribution in [1.82, 2.24) is 0 Å². The highest BCUT2D eigenvalue weighted by atomic mass is 127. The van der Waals surface area contributed by atoms with Gasteiger partial charge in [0.2, 0.25) is 0 Å². The minimum absolute atomic E-state index is 0.483. The van der Waals surface area contributed by atoms with Crippen molar-refractivity contribution in [2.24, 2.45) is 11.3 Å². The molecule has 2 unspecified atom stereocenters. The van der Waals surface area contributed by atoms with Crippen LogP contribution in [0.3, 0.4) is 0 Å². The fourth-order valence-electron chi connectivity index (χ4n) is 1.16. The highest BCUT2D eigenvalue weighted by Crippen LogP contribution is 2.58. The molecule has 1 fully saturated rings. The van der Waals surface area contributed by atoms with Crippen LogP contribution in [-0.4, -0.2) is 3.92 Å². The molecular formula is C8H12ClI. The Morgan fingerprint density at radius 2 is 2.00 bits per heavy atom. The third-order valence-corrected chi connectivity index (χ3v) is 4.69. The van der Waals surface area contributed by atoms with E-state index in [9.17, 15) is 0 Å². The first-order valence-corrected chi connectivity index (χ1v) is 5.06. The molecule has 1 rings (SSSR count). The summed E-state index contributed by atoms with van der Waals surface area (Å²) >= 11 is 8.25. The zero-order valence-corrected chi connectivity index (χ0v) is 9.40. The predicted octanol–water partition coefficient (Wildman–Crippen LogP) is 3.59. The van der Waals surface area contributed by atoms with E-state index in [1.807, 2.05) is 6.92 Å². The summed E-state index contributed by atoms with van der Waals surface area (Å²) in [6.45, 7) is 6.51. The van der Waals surface area contributed by atoms with E-state index in [0.29, 0.717) is 11.3 Å². The average Bonchev–Trinajstić information content (AvgIpc) is 2.17. The number of rotatable bonds is 1. The summed E-state index contributed by atoms with van der Waals surface area (Å²) in [6, 6.07) is 0. The van der Waals surface area contributed by atoms with Gasteiger partial charge in [-0.05, 0) is 18.3 Å². The maximum absolute atomic E-state index is 5.76. The molecule has 0 amide bonds. The molecule has 0 spiro atoms. The Morgan fingerprint density at radius 3 is 2.10 bits per heavy atom. The van der Waals surface area contributed by atoms with Crippen LogP contribution in [0, 0.1) is 11.3 Å². The Balaban J connectivity index is 2.58. The van der Waals surface area contributed by atoms with Gasteiger partial charge in [-0.25, -0.2) is 0 Å². The second-order valence-corrected chi connectivity index (χ2v) is 5.44. The molecule has 2 atom stereocenters. The van der Waals surface area contributed by atoms with Gasteiger partial charge < -0.3 is 0 Å². The Morgan fingerprint density at radius 1 is 1.60 bits per heavy atom. The van der Waals surface area contributed by atoms with Gasteiger partial charge in [0.1, 0.15) is 0 Å². The average molecular weight is 271 g/mol. The van der Waals surface area contributed by atoms with Crippen LogP contribution in [0.4, 0.5) is 0 Å². The monoisotopic (exact) mass is 270 g/mol. The van der Waals surface area contributed by atoms with Crippen molar-refractivity contribution in [2.45, 2.75) is 24.7 Å².